The van der Waals surface area contributed by atoms with Crippen LogP contribution in [0.4, 0.5) is 0 Å². The molecule has 4 nitrogen and oxygen atoms in total. The van der Waals surface area contributed by atoms with Gasteiger partial charge in [0, 0.05) is 19.1 Å². The van der Waals surface area contributed by atoms with Crippen LogP contribution < -0.4 is 11.1 Å². The molecule has 17 heavy (non-hydrogen) atoms. The van der Waals surface area contributed by atoms with Gasteiger partial charge in [-0.05, 0) is 30.9 Å². The molecule has 0 aliphatic rings. The van der Waals surface area contributed by atoms with Gasteiger partial charge in [0.05, 0.1) is 11.4 Å². The van der Waals surface area contributed by atoms with Crippen molar-refractivity contribution in [3.8, 4) is 0 Å². The third-order valence-electron chi connectivity index (χ3n) is 3.03. The van der Waals surface area contributed by atoms with E-state index in [0.29, 0.717) is 18.5 Å². The summed E-state index contributed by atoms with van der Waals surface area (Å²) in [4.78, 5) is 0. The van der Waals surface area contributed by atoms with Gasteiger partial charge in [0.15, 0.2) is 0 Å². The summed E-state index contributed by atoms with van der Waals surface area (Å²) in [6.45, 7) is 9.92. The maximum Gasteiger partial charge on any atom is 0.0673 e. The van der Waals surface area contributed by atoms with Crippen molar-refractivity contribution >= 4 is 0 Å². The second-order valence-corrected chi connectivity index (χ2v) is 4.78. The van der Waals surface area contributed by atoms with E-state index < -0.39 is 0 Å². The lowest BCUT2D eigenvalue weighted by molar-refractivity contribution is 0.404. The van der Waals surface area contributed by atoms with Crippen molar-refractivity contribution in [2.45, 2.75) is 46.7 Å². The predicted octanol–water partition coefficient (Wildman–Crippen LogP) is 1.42. The van der Waals surface area contributed by atoms with E-state index in [9.17, 15) is 0 Å². The fourth-order valence-corrected chi connectivity index (χ4v) is 1.85. The van der Waals surface area contributed by atoms with Crippen molar-refractivity contribution in [2.24, 2.45) is 11.7 Å². The first-order valence-electron chi connectivity index (χ1n) is 6.34. The van der Waals surface area contributed by atoms with E-state index in [1.165, 1.54) is 5.56 Å². The van der Waals surface area contributed by atoms with Crippen molar-refractivity contribution in [1.29, 1.82) is 0 Å². The Morgan fingerprint density at radius 2 is 2.06 bits per heavy atom. The van der Waals surface area contributed by atoms with Crippen LogP contribution in [-0.4, -0.2) is 22.8 Å². The molecule has 0 radical (unpaired) electrons. The molecule has 1 rings (SSSR count). The number of nitrogens with zero attached hydrogens (tertiary/aromatic N) is 2. The summed E-state index contributed by atoms with van der Waals surface area (Å²) in [5.41, 5.74) is 9.02. The van der Waals surface area contributed by atoms with Crippen LogP contribution in [0.3, 0.4) is 0 Å². The molecule has 3 N–H and O–H groups in total. The maximum absolute atomic E-state index is 5.75. The SMILES string of the molecule is CCc1nnc(C)cc1CNC(CN)C(C)C. The highest BCUT2D eigenvalue weighted by Crippen LogP contribution is 2.09. The zero-order chi connectivity index (χ0) is 12.8. The van der Waals surface area contributed by atoms with Crippen molar-refractivity contribution in [1.82, 2.24) is 15.5 Å². The molecule has 4 heteroatoms. The predicted molar refractivity (Wildman–Crippen MR) is 70.7 cm³/mol. The molecule has 96 valence electrons. The molecule has 0 fully saturated rings. The fraction of sp³-hybridized carbons (Fsp3) is 0.692. The van der Waals surface area contributed by atoms with E-state index >= 15 is 0 Å². The molecule has 1 aromatic rings. The average Bonchev–Trinajstić information content (AvgIpc) is 2.29. The summed E-state index contributed by atoms with van der Waals surface area (Å²) in [6, 6.07) is 2.46. The van der Waals surface area contributed by atoms with Gasteiger partial charge in [-0.15, -0.1) is 0 Å². The number of aryl methyl sites for hydroxylation is 2. The minimum atomic E-state index is 0.355. The largest absolute Gasteiger partial charge is 0.329 e. The zero-order valence-corrected chi connectivity index (χ0v) is 11.3. The van der Waals surface area contributed by atoms with E-state index in [-0.39, 0.29) is 0 Å². The first kappa shape index (κ1) is 14.1. The van der Waals surface area contributed by atoms with Gasteiger partial charge in [-0.3, -0.25) is 0 Å². The summed E-state index contributed by atoms with van der Waals surface area (Å²) >= 11 is 0. The Bertz CT molecular complexity index is 349. The van der Waals surface area contributed by atoms with Gasteiger partial charge < -0.3 is 11.1 Å². The molecule has 0 aromatic carbocycles. The van der Waals surface area contributed by atoms with Crippen LogP contribution in [0.25, 0.3) is 0 Å². The lowest BCUT2D eigenvalue weighted by Crippen LogP contribution is -2.40. The zero-order valence-electron chi connectivity index (χ0n) is 11.3. The Kier molecular flexibility index (Phi) is 5.51. The summed E-state index contributed by atoms with van der Waals surface area (Å²) in [5.74, 6) is 0.543. The van der Waals surface area contributed by atoms with Crippen molar-refractivity contribution in [3.05, 3.63) is 23.0 Å². The van der Waals surface area contributed by atoms with Crippen LogP contribution in [0.1, 0.15) is 37.7 Å². The Hall–Kier alpha value is -1.00. The van der Waals surface area contributed by atoms with E-state index in [4.69, 9.17) is 5.73 Å². The summed E-state index contributed by atoms with van der Waals surface area (Å²) < 4.78 is 0. The lowest BCUT2D eigenvalue weighted by Gasteiger charge is -2.21. The maximum atomic E-state index is 5.75. The quantitative estimate of drug-likeness (QED) is 0.784. The van der Waals surface area contributed by atoms with E-state index in [0.717, 1.165) is 24.4 Å². The summed E-state index contributed by atoms with van der Waals surface area (Å²) in [7, 11) is 0. The highest BCUT2D eigenvalue weighted by atomic mass is 15.1. The number of nitrogens with one attached hydrogen (secondary N) is 1. The van der Waals surface area contributed by atoms with Crippen LogP contribution in [-0.2, 0) is 13.0 Å². The van der Waals surface area contributed by atoms with Crippen LogP contribution in [0.15, 0.2) is 6.07 Å². The van der Waals surface area contributed by atoms with Crippen LogP contribution in [0.2, 0.25) is 0 Å². The van der Waals surface area contributed by atoms with Crippen LogP contribution >= 0.6 is 0 Å². The monoisotopic (exact) mass is 236 g/mol. The minimum Gasteiger partial charge on any atom is -0.329 e. The van der Waals surface area contributed by atoms with Gasteiger partial charge in [0.25, 0.3) is 0 Å². The average molecular weight is 236 g/mol. The Morgan fingerprint density at radius 3 is 2.59 bits per heavy atom. The molecular weight excluding hydrogens is 212 g/mol. The molecule has 1 aromatic heterocycles. The first-order chi connectivity index (χ1) is 8.08. The molecule has 0 saturated heterocycles. The van der Waals surface area contributed by atoms with Gasteiger partial charge >= 0.3 is 0 Å². The highest BCUT2D eigenvalue weighted by molar-refractivity contribution is 5.20. The third-order valence-corrected chi connectivity index (χ3v) is 3.03. The van der Waals surface area contributed by atoms with E-state index in [1.54, 1.807) is 0 Å². The molecule has 0 spiro atoms. The van der Waals surface area contributed by atoms with Crippen LogP contribution in [0.5, 0.6) is 0 Å². The molecule has 0 amide bonds. The number of nitrogens with two attached hydrogens (primary N) is 1. The Morgan fingerprint density at radius 1 is 1.35 bits per heavy atom. The number of aromatic nitrogens is 2. The van der Waals surface area contributed by atoms with Gasteiger partial charge in [0.2, 0.25) is 0 Å². The van der Waals surface area contributed by atoms with Crippen molar-refractivity contribution < 1.29 is 0 Å². The van der Waals surface area contributed by atoms with Gasteiger partial charge in [-0.2, -0.15) is 10.2 Å². The molecule has 0 aliphatic heterocycles. The second kappa shape index (κ2) is 6.67. The molecule has 1 unspecified atom stereocenters. The number of hydrogen-bond donors (Lipinski definition) is 2. The molecule has 0 aliphatic carbocycles. The van der Waals surface area contributed by atoms with Crippen molar-refractivity contribution in [2.75, 3.05) is 6.54 Å². The summed E-state index contributed by atoms with van der Waals surface area (Å²) in [5, 5.41) is 11.8. The lowest BCUT2D eigenvalue weighted by atomic mass is 10.0. The third kappa shape index (κ3) is 4.06. The van der Waals surface area contributed by atoms with Gasteiger partial charge in [-0.25, -0.2) is 0 Å². The molecule has 0 saturated carbocycles. The molecule has 1 heterocycles. The molecule has 0 bridgehead atoms. The normalized spacial score (nSPS) is 13.1. The van der Waals surface area contributed by atoms with Gasteiger partial charge in [-0.1, -0.05) is 20.8 Å². The van der Waals surface area contributed by atoms with Crippen LogP contribution in [0, 0.1) is 12.8 Å². The fourth-order valence-electron chi connectivity index (χ4n) is 1.85. The highest BCUT2D eigenvalue weighted by Gasteiger charge is 2.12. The Labute approximate surface area is 104 Å². The molecule has 1 atom stereocenters. The smallest absolute Gasteiger partial charge is 0.0673 e. The van der Waals surface area contributed by atoms with Crippen molar-refractivity contribution in [3.63, 3.8) is 0 Å². The number of rotatable bonds is 6. The standard InChI is InChI=1S/C13H24N4/c1-5-12-11(6-10(4)16-17-12)8-15-13(7-14)9(2)3/h6,9,13,15H,5,7-8,14H2,1-4H3. The Balaban J connectivity index is 2.70. The second-order valence-electron chi connectivity index (χ2n) is 4.78. The van der Waals surface area contributed by atoms with Gasteiger partial charge in [0.1, 0.15) is 0 Å². The first-order valence-corrected chi connectivity index (χ1v) is 6.34. The minimum absolute atomic E-state index is 0.355. The number of hydrogen-bond acceptors (Lipinski definition) is 4. The summed E-state index contributed by atoms with van der Waals surface area (Å²) in [6.07, 6.45) is 0.916. The molecular formula is C13H24N4. The topological polar surface area (TPSA) is 63.8 Å². The van der Waals surface area contributed by atoms with E-state index in [2.05, 4.69) is 42.4 Å². The van der Waals surface area contributed by atoms with E-state index in [1.807, 2.05) is 6.92 Å².